The Bertz CT molecular complexity index is 3260. The van der Waals surface area contributed by atoms with Crippen molar-refractivity contribution in [3.05, 3.63) is 139 Å². The second-order valence-electron chi connectivity index (χ2n) is 13.7. The van der Waals surface area contributed by atoms with Crippen molar-refractivity contribution >= 4 is 121 Å². The molecule has 10 rings (SSSR count). The number of fused-ring (bicyclic) bond motifs is 7. The molecule has 242 valence electrons. The molecule has 0 aliphatic rings. The zero-order valence-corrected chi connectivity index (χ0v) is 29.3. The summed E-state index contributed by atoms with van der Waals surface area (Å²) < 4.78 is 4.30. The van der Waals surface area contributed by atoms with Crippen molar-refractivity contribution in [1.29, 1.82) is 5.26 Å². The van der Waals surface area contributed by atoms with E-state index in [4.69, 9.17) is 44.2 Å². The first-order valence-electron chi connectivity index (χ1n) is 17.7. The number of para-hydroxylation sites is 3. The SMILES string of the molecule is [B]c1c([B])c([B])c(-n2c3ccccc3c3ccc(-c4ccc5c(c4)c4ccccc4n5-c4ccc(-c5nc(C#N)c6ccccc6n5)cc4)cc32)c([B])c1[B]. The number of benzene rings is 7. The van der Waals surface area contributed by atoms with Crippen molar-refractivity contribution in [2.24, 2.45) is 0 Å². The van der Waals surface area contributed by atoms with E-state index >= 15 is 0 Å². The van der Waals surface area contributed by atoms with Gasteiger partial charge in [-0.2, -0.15) is 5.26 Å². The van der Waals surface area contributed by atoms with Crippen LogP contribution in [0.4, 0.5) is 0 Å². The third-order valence-electron chi connectivity index (χ3n) is 10.7. The monoisotopic (exact) mass is 687 g/mol. The molecule has 3 heterocycles. The van der Waals surface area contributed by atoms with Gasteiger partial charge in [0, 0.05) is 43.9 Å². The van der Waals surface area contributed by atoms with Crippen LogP contribution in [0.2, 0.25) is 0 Å². The Kier molecular flexibility index (Phi) is 7.44. The van der Waals surface area contributed by atoms with Crippen LogP contribution in [-0.2, 0) is 0 Å². The number of rotatable bonds is 4. The first kappa shape index (κ1) is 32.9. The van der Waals surface area contributed by atoms with E-state index in [9.17, 15) is 5.26 Å². The molecule has 10 aromatic rings. The Balaban J connectivity index is 1.12. The van der Waals surface area contributed by atoms with E-state index in [0.717, 1.165) is 76.9 Å². The third-order valence-corrected chi connectivity index (χ3v) is 10.7. The second kappa shape index (κ2) is 12.4. The van der Waals surface area contributed by atoms with Crippen molar-refractivity contribution in [3.8, 4) is 40.0 Å². The number of hydrogen-bond donors (Lipinski definition) is 0. The minimum atomic E-state index is 0.178. The summed E-state index contributed by atoms with van der Waals surface area (Å²) >= 11 is 0. The number of nitriles is 1. The smallest absolute Gasteiger partial charge is 0.161 e. The van der Waals surface area contributed by atoms with Crippen LogP contribution < -0.4 is 27.3 Å². The fraction of sp³-hybridized carbons (Fsp3) is 0. The van der Waals surface area contributed by atoms with Crippen LogP contribution in [0.25, 0.3) is 88.4 Å². The molecule has 10 radical (unpaired) electrons. The van der Waals surface area contributed by atoms with Gasteiger partial charge in [-0.3, -0.25) is 0 Å². The van der Waals surface area contributed by atoms with E-state index in [1.807, 2.05) is 59.2 Å². The Hall–Kier alpha value is -6.71. The largest absolute Gasteiger partial charge is 0.310 e. The lowest BCUT2D eigenvalue weighted by Crippen LogP contribution is -2.56. The summed E-state index contributed by atoms with van der Waals surface area (Å²) in [6.45, 7) is 0. The molecule has 7 aromatic carbocycles. The predicted octanol–water partition coefficient (Wildman–Crippen LogP) is 5.00. The van der Waals surface area contributed by atoms with Crippen molar-refractivity contribution < 1.29 is 0 Å². The quantitative estimate of drug-likeness (QED) is 0.245. The zero-order valence-electron chi connectivity index (χ0n) is 29.3. The van der Waals surface area contributed by atoms with E-state index in [-0.39, 0.29) is 27.3 Å². The van der Waals surface area contributed by atoms with Crippen molar-refractivity contribution in [2.75, 3.05) is 0 Å². The summed E-state index contributed by atoms with van der Waals surface area (Å²) in [5, 5.41) is 14.8. The Morgan fingerprint density at radius 1 is 0.436 bits per heavy atom. The topological polar surface area (TPSA) is 59.4 Å². The Morgan fingerprint density at radius 3 is 1.67 bits per heavy atom. The highest BCUT2D eigenvalue weighted by Crippen LogP contribution is 2.38. The second-order valence-corrected chi connectivity index (χ2v) is 13.7. The summed E-state index contributed by atoms with van der Waals surface area (Å²) in [5.74, 6) is 0.512. The molecular formula is C45H22B5N5. The van der Waals surface area contributed by atoms with Gasteiger partial charge in [-0.1, -0.05) is 77.7 Å². The van der Waals surface area contributed by atoms with Crippen LogP contribution in [-0.4, -0.2) is 58.3 Å². The van der Waals surface area contributed by atoms with Gasteiger partial charge in [0.15, 0.2) is 11.5 Å². The Labute approximate surface area is 323 Å². The lowest BCUT2D eigenvalue weighted by atomic mass is 9.61. The van der Waals surface area contributed by atoms with Crippen LogP contribution >= 0.6 is 0 Å². The van der Waals surface area contributed by atoms with E-state index in [2.05, 4.69) is 94.5 Å². The standard InChI is InChI=1S/C45H22B5N5/c46-39-40(47)42(49)44(43(50)41(39)48)55-36-12-6-2-7-28(36)30-19-15-26(22-38(30)55)25-16-20-37-32(21-25)29-8-3-5-11-35(29)54(37)27-17-13-24(14-18-27)45-52-33-10-4-1-9-31(33)34(23-51)53-45/h1-22H. The average Bonchev–Trinajstić information content (AvgIpc) is 3.74. The molecule has 0 amide bonds. The van der Waals surface area contributed by atoms with Crippen molar-refractivity contribution in [2.45, 2.75) is 0 Å². The maximum Gasteiger partial charge on any atom is 0.161 e. The van der Waals surface area contributed by atoms with E-state index in [1.54, 1.807) is 0 Å². The van der Waals surface area contributed by atoms with Crippen LogP contribution in [0.3, 0.4) is 0 Å². The zero-order chi connectivity index (χ0) is 37.5. The van der Waals surface area contributed by atoms with E-state index in [0.29, 0.717) is 17.2 Å². The van der Waals surface area contributed by atoms with Gasteiger partial charge in [0.05, 0.1) is 27.6 Å². The van der Waals surface area contributed by atoms with Crippen LogP contribution in [0.15, 0.2) is 133 Å². The molecule has 10 heteroatoms. The minimum Gasteiger partial charge on any atom is -0.310 e. The fourth-order valence-electron chi connectivity index (χ4n) is 7.95. The van der Waals surface area contributed by atoms with Crippen molar-refractivity contribution in [3.63, 3.8) is 0 Å². The maximum atomic E-state index is 9.79. The molecule has 0 N–H and O–H groups in total. The molecule has 0 fully saturated rings. The molecule has 3 aromatic heterocycles. The predicted molar refractivity (Wildman–Crippen MR) is 231 cm³/mol. The van der Waals surface area contributed by atoms with E-state index < -0.39 is 0 Å². The molecule has 0 unspecified atom stereocenters. The highest BCUT2D eigenvalue weighted by molar-refractivity contribution is 6.68. The molecule has 0 bridgehead atoms. The lowest BCUT2D eigenvalue weighted by molar-refractivity contribution is 1.17. The van der Waals surface area contributed by atoms with Crippen LogP contribution in [0, 0.1) is 11.3 Å². The average molecular weight is 687 g/mol. The molecule has 0 atom stereocenters. The summed E-state index contributed by atoms with van der Waals surface area (Å²) in [6.07, 6.45) is 0. The summed E-state index contributed by atoms with van der Waals surface area (Å²) in [7, 11) is 32.1. The number of nitrogens with zero attached hydrogens (tertiary/aromatic N) is 5. The molecule has 0 saturated carbocycles. The number of aromatic nitrogens is 4. The summed E-state index contributed by atoms with van der Waals surface area (Å²) in [5.41, 5.74) is 10.6. The van der Waals surface area contributed by atoms with Gasteiger partial charge in [0.25, 0.3) is 0 Å². The number of hydrogen-bond acceptors (Lipinski definition) is 3. The van der Waals surface area contributed by atoms with Gasteiger partial charge in [0.1, 0.15) is 45.3 Å². The van der Waals surface area contributed by atoms with Gasteiger partial charge >= 0.3 is 0 Å². The van der Waals surface area contributed by atoms with Gasteiger partial charge in [0.2, 0.25) is 0 Å². The molecule has 0 aliphatic heterocycles. The minimum absolute atomic E-state index is 0.178. The maximum absolute atomic E-state index is 9.79. The van der Waals surface area contributed by atoms with Gasteiger partial charge in [-0.05, 0) is 77.9 Å². The lowest BCUT2D eigenvalue weighted by Gasteiger charge is -2.23. The van der Waals surface area contributed by atoms with Crippen molar-refractivity contribution in [1.82, 2.24) is 19.1 Å². The molecule has 0 aliphatic carbocycles. The van der Waals surface area contributed by atoms with Gasteiger partial charge in [-0.15, -0.1) is 16.4 Å². The summed E-state index contributed by atoms with van der Waals surface area (Å²) in [4.78, 5) is 9.34. The summed E-state index contributed by atoms with van der Waals surface area (Å²) in [6, 6.07) is 47.4. The fourth-order valence-corrected chi connectivity index (χ4v) is 7.95. The molecule has 5 nitrogen and oxygen atoms in total. The highest BCUT2D eigenvalue weighted by atomic mass is 15.0. The highest BCUT2D eigenvalue weighted by Gasteiger charge is 2.20. The molecule has 55 heavy (non-hydrogen) atoms. The molecule has 0 saturated heterocycles. The molecule has 0 spiro atoms. The van der Waals surface area contributed by atoms with Crippen LogP contribution in [0.1, 0.15) is 5.69 Å². The first-order chi connectivity index (χ1) is 26.8. The first-order valence-corrected chi connectivity index (χ1v) is 17.7. The third kappa shape index (κ3) is 4.93. The molecular weight excluding hydrogens is 665 g/mol. The Morgan fingerprint density at radius 2 is 0.964 bits per heavy atom. The normalized spacial score (nSPS) is 11.6. The van der Waals surface area contributed by atoms with Crippen LogP contribution in [0.5, 0.6) is 0 Å². The van der Waals surface area contributed by atoms with Gasteiger partial charge in [-0.25, -0.2) is 9.97 Å². The van der Waals surface area contributed by atoms with Gasteiger partial charge < -0.3 is 9.13 Å². The van der Waals surface area contributed by atoms with E-state index in [1.165, 1.54) is 0 Å².